The van der Waals surface area contributed by atoms with Crippen LogP contribution in [0, 0.1) is 3.57 Å². The molecule has 0 aliphatic carbocycles. The molecule has 1 atom stereocenters. The summed E-state index contributed by atoms with van der Waals surface area (Å²) < 4.78 is 1.16. The Bertz CT molecular complexity index is 578. The number of carboxylic acids is 1. The van der Waals surface area contributed by atoms with Crippen molar-refractivity contribution in [1.82, 2.24) is 0 Å². The molecule has 2 nitrogen and oxygen atoms in total. The molecular weight excluding hydrogens is 363 g/mol. The lowest BCUT2D eigenvalue weighted by molar-refractivity contribution is -0.144. The molecule has 0 aliphatic heterocycles. The molecule has 0 heterocycles. The fourth-order valence-corrected chi connectivity index (χ4v) is 2.85. The van der Waals surface area contributed by atoms with Crippen molar-refractivity contribution in [3.05, 3.63) is 69.3 Å². The minimum atomic E-state index is -0.853. The number of halogens is 1. The molecule has 1 unspecified atom stereocenters. The lowest BCUT2D eigenvalue weighted by Gasteiger charge is -2.29. The highest BCUT2D eigenvalue weighted by Gasteiger charge is 2.38. The van der Waals surface area contributed by atoms with Gasteiger partial charge < -0.3 is 5.11 Å². The van der Waals surface area contributed by atoms with Gasteiger partial charge in [0.2, 0.25) is 0 Å². The van der Waals surface area contributed by atoms with Gasteiger partial charge in [0.05, 0.1) is 5.41 Å². The largest absolute Gasteiger partial charge is 0.481 e. The fraction of sp³-hybridized carbons (Fsp3) is 0.235. The van der Waals surface area contributed by atoms with E-state index in [9.17, 15) is 9.90 Å². The molecule has 1 N–H and O–H groups in total. The van der Waals surface area contributed by atoms with Crippen LogP contribution >= 0.6 is 22.6 Å². The zero-order valence-corrected chi connectivity index (χ0v) is 13.5. The summed E-state index contributed by atoms with van der Waals surface area (Å²) in [4.78, 5) is 11.9. The Hall–Kier alpha value is -1.36. The van der Waals surface area contributed by atoms with E-state index in [2.05, 4.69) is 22.6 Å². The second-order valence-electron chi connectivity index (χ2n) is 4.91. The minimum absolute atomic E-state index is 0.514. The smallest absolute Gasteiger partial charge is 0.314 e. The van der Waals surface area contributed by atoms with E-state index >= 15 is 0 Å². The Labute approximate surface area is 133 Å². The van der Waals surface area contributed by atoms with E-state index in [1.165, 1.54) is 0 Å². The van der Waals surface area contributed by atoms with E-state index < -0.39 is 11.4 Å². The number of aliphatic carboxylic acids is 1. The van der Waals surface area contributed by atoms with Crippen molar-refractivity contribution in [3.63, 3.8) is 0 Å². The van der Waals surface area contributed by atoms with Crippen molar-refractivity contribution in [2.45, 2.75) is 25.2 Å². The summed E-state index contributed by atoms with van der Waals surface area (Å²) in [6, 6.07) is 17.6. The average Bonchev–Trinajstić information content (AvgIpc) is 2.47. The van der Waals surface area contributed by atoms with E-state index in [0.717, 1.165) is 14.7 Å². The number of hydrogen-bond donors (Lipinski definition) is 1. The van der Waals surface area contributed by atoms with Gasteiger partial charge in [-0.25, -0.2) is 0 Å². The molecule has 3 heteroatoms. The second kappa shape index (κ2) is 6.39. The van der Waals surface area contributed by atoms with Crippen LogP contribution in [0.1, 0.15) is 24.5 Å². The molecular formula is C17H17IO2. The van der Waals surface area contributed by atoms with Crippen LogP contribution in [0.25, 0.3) is 0 Å². The summed E-state index contributed by atoms with van der Waals surface area (Å²) in [5, 5.41) is 9.79. The molecule has 2 aromatic rings. The van der Waals surface area contributed by atoms with E-state index in [4.69, 9.17) is 0 Å². The van der Waals surface area contributed by atoms with Crippen LogP contribution in [-0.2, 0) is 16.6 Å². The molecule has 0 aromatic heterocycles. The van der Waals surface area contributed by atoms with Gasteiger partial charge >= 0.3 is 5.97 Å². The van der Waals surface area contributed by atoms with Gasteiger partial charge in [-0.05, 0) is 58.7 Å². The maximum absolute atomic E-state index is 11.9. The Balaban J connectivity index is 2.42. The summed E-state index contributed by atoms with van der Waals surface area (Å²) >= 11 is 2.25. The molecule has 0 amide bonds. The summed E-state index contributed by atoms with van der Waals surface area (Å²) in [5.41, 5.74) is 1.07. The molecule has 0 bridgehead atoms. The van der Waals surface area contributed by atoms with Crippen molar-refractivity contribution in [1.29, 1.82) is 0 Å². The van der Waals surface area contributed by atoms with Gasteiger partial charge in [0.1, 0.15) is 0 Å². The number of benzene rings is 2. The quantitative estimate of drug-likeness (QED) is 0.787. The molecule has 0 fully saturated rings. The van der Waals surface area contributed by atoms with Crippen molar-refractivity contribution in [2.24, 2.45) is 0 Å². The predicted molar refractivity (Wildman–Crippen MR) is 88.9 cm³/mol. The van der Waals surface area contributed by atoms with E-state index in [0.29, 0.717) is 12.8 Å². The zero-order valence-electron chi connectivity index (χ0n) is 11.3. The van der Waals surface area contributed by atoms with Crippen LogP contribution in [0.3, 0.4) is 0 Å². The van der Waals surface area contributed by atoms with Crippen molar-refractivity contribution in [2.75, 3.05) is 0 Å². The lowest BCUT2D eigenvalue weighted by Crippen LogP contribution is -2.37. The van der Waals surface area contributed by atoms with Crippen LogP contribution in [0.5, 0.6) is 0 Å². The first kappa shape index (κ1) is 15.0. The monoisotopic (exact) mass is 380 g/mol. The standard InChI is InChI=1S/C17H17IO2/c1-2-17(16(19)20,14-6-4-3-5-7-14)12-13-8-10-15(18)11-9-13/h3-11H,2,12H2,1H3,(H,19,20). The topological polar surface area (TPSA) is 37.3 Å². The Morgan fingerprint density at radius 3 is 2.20 bits per heavy atom. The Morgan fingerprint density at radius 2 is 1.70 bits per heavy atom. The summed E-state index contributed by atoms with van der Waals surface area (Å²) in [7, 11) is 0. The lowest BCUT2D eigenvalue weighted by atomic mass is 9.73. The fourth-order valence-electron chi connectivity index (χ4n) is 2.49. The summed E-state index contributed by atoms with van der Waals surface area (Å²) in [6.07, 6.45) is 1.08. The van der Waals surface area contributed by atoms with Crippen molar-refractivity contribution in [3.8, 4) is 0 Å². The van der Waals surface area contributed by atoms with Crippen LogP contribution in [0.4, 0.5) is 0 Å². The van der Waals surface area contributed by atoms with Crippen LogP contribution < -0.4 is 0 Å². The number of carboxylic acid groups (broad SMARTS) is 1. The minimum Gasteiger partial charge on any atom is -0.481 e. The molecule has 2 aromatic carbocycles. The van der Waals surface area contributed by atoms with Gasteiger partial charge in [0.25, 0.3) is 0 Å². The maximum atomic E-state index is 11.9. The highest BCUT2D eigenvalue weighted by Crippen LogP contribution is 2.32. The number of hydrogen-bond acceptors (Lipinski definition) is 1. The van der Waals surface area contributed by atoms with E-state index in [1.807, 2.05) is 61.5 Å². The first-order valence-corrected chi connectivity index (χ1v) is 7.70. The van der Waals surface area contributed by atoms with E-state index in [-0.39, 0.29) is 0 Å². The van der Waals surface area contributed by atoms with Gasteiger partial charge in [0, 0.05) is 3.57 Å². The summed E-state index contributed by atoms with van der Waals surface area (Å²) in [5.74, 6) is -0.759. The molecule has 104 valence electrons. The third kappa shape index (κ3) is 3.03. The second-order valence-corrected chi connectivity index (χ2v) is 6.16. The van der Waals surface area contributed by atoms with E-state index in [1.54, 1.807) is 0 Å². The normalized spacial score (nSPS) is 13.7. The van der Waals surface area contributed by atoms with Gasteiger partial charge in [-0.15, -0.1) is 0 Å². The Kier molecular flexibility index (Phi) is 4.81. The van der Waals surface area contributed by atoms with Gasteiger partial charge in [-0.1, -0.05) is 49.4 Å². The van der Waals surface area contributed by atoms with Crippen LogP contribution in [0.2, 0.25) is 0 Å². The molecule has 0 radical (unpaired) electrons. The Morgan fingerprint density at radius 1 is 1.10 bits per heavy atom. The molecule has 20 heavy (non-hydrogen) atoms. The first-order chi connectivity index (χ1) is 9.58. The summed E-state index contributed by atoms with van der Waals surface area (Å²) in [6.45, 7) is 1.94. The van der Waals surface area contributed by atoms with Crippen LogP contribution in [-0.4, -0.2) is 11.1 Å². The number of rotatable bonds is 5. The van der Waals surface area contributed by atoms with Crippen molar-refractivity contribution < 1.29 is 9.90 Å². The molecule has 0 aliphatic rings. The third-order valence-electron chi connectivity index (χ3n) is 3.76. The zero-order chi connectivity index (χ0) is 14.6. The maximum Gasteiger partial charge on any atom is 0.314 e. The molecule has 0 saturated carbocycles. The highest BCUT2D eigenvalue weighted by molar-refractivity contribution is 14.1. The molecule has 0 saturated heterocycles. The van der Waals surface area contributed by atoms with Crippen molar-refractivity contribution >= 4 is 28.6 Å². The highest BCUT2D eigenvalue weighted by atomic mass is 127. The van der Waals surface area contributed by atoms with Gasteiger partial charge in [-0.2, -0.15) is 0 Å². The average molecular weight is 380 g/mol. The first-order valence-electron chi connectivity index (χ1n) is 6.62. The third-order valence-corrected chi connectivity index (χ3v) is 4.48. The van der Waals surface area contributed by atoms with Gasteiger partial charge in [0.15, 0.2) is 0 Å². The predicted octanol–water partition coefficient (Wildman–Crippen LogP) is 4.27. The SMILES string of the molecule is CCC(Cc1ccc(I)cc1)(C(=O)O)c1ccccc1. The molecule has 0 spiro atoms. The van der Waals surface area contributed by atoms with Gasteiger partial charge in [-0.3, -0.25) is 4.79 Å². The van der Waals surface area contributed by atoms with Crippen LogP contribution in [0.15, 0.2) is 54.6 Å². The number of carbonyl (C=O) groups is 1. The molecule has 2 rings (SSSR count).